The summed E-state index contributed by atoms with van der Waals surface area (Å²) in [7, 11) is 0. The minimum absolute atomic E-state index is 0.0557. The van der Waals surface area contributed by atoms with Gasteiger partial charge in [0.1, 0.15) is 5.51 Å². The first kappa shape index (κ1) is 9.92. The number of hydrogen-bond donors (Lipinski definition) is 1. The van der Waals surface area contributed by atoms with E-state index >= 15 is 0 Å². The van der Waals surface area contributed by atoms with Gasteiger partial charge in [-0.3, -0.25) is 4.79 Å². The quantitative estimate of drug-likeness (QED) is 0.887. The highest BCUT2D eigenvalue weighted by Crippen LogP contribution is 2.31. The Morgan fingerprint density at radius 1 is 1.44 bits per heavy atom. The predicted molar refractivity (Wildman–Crippen MR) is 63.8 cm³/mol. The molecule has 0 fully saturated rings. The summed E-state index contributed by atoms with van der Waals surface area (Å²) in [5.41, 5.74) is 2.93. The minimum Gasteiger partial charge on any atom is -0.300 e. The molecule has 1 N–H and O–H groups in total. The van der Waals surface area contributed by atoms with Crippen LogP contribution in [0, 0.1) is 5.92 Å². The van der Waals surface area contributed by atoms with E-state index in [1.807, 2.05) is 0 Å². The van der Waals surface area contributed by atoms with Crippen molar-refractivity contribution in [2.75, 3.05) is 5.32 Å². The smallest absolute Gasteiger partial charge is 0.230 e. The van der Waals surface area contributed by atoms with Gasteiger partial charge in [0, 0.05) is 10.8 Å². The molecule has 1 atom stereocenters. The van der Waals surface area contributed by atoms with Gasteiger partial charge in [0.05, 0.1) is 0 Å². The fourth-order valence-electron chi connectivity index (χ4n) is 1.91. The summed E-state index contributed by atoms with van der Waals surface area (Å²) in [5, 5.41) is 13.0. The molecule has 2 aromatic rings. The summed E-state index contributed by atoms with van der Waals surface area (Å²) in [6, 6.07) is 2.11. The Kier molecular flexibility index (Phi) is 2.45. The Hall–Kier alpha value is -1.27. The Balaban J connectivity index is 1.67. The molecule has 82 valence electrons. The molecule has 1 aliphatic carbocycles. The van der Waals surface area contributed by atoms with E-state index in [1.54, 1.807) is 16.8 Å². The molecule has 16 heavy (non-hydrogen) atoms. The van der Waals surface area contributed by atoms with Crippen LogP contribution in [0.1, 0.15) is 10.4 Å². The lowest BCUT2D eigenvalue weighted by Gasteiger charge is -2.07. The molecule has 0 aromatic carbocycles. The number of nitrogens with one attached hydrogen (secondary N) is 1. The first-order valence-corrected chi connectivity index (χ1v) is 6.71. The molecule has 0 bridgehead atoms. The van der Waals surface area contributed by atoms with Crippen molar-refractivity contribution in [1.29, 1.82) is 0 Å². The first-order valence-electron chi connectivity index (χ1n) is 4.95. The van der Waals surface area contributed by atoms with E-state index < -0.39 is 0 Å². The van der Waals surface area contributed by atoms with Gasteiger partial charge in [0.25, 0.3) is 0 Å². The number of fused-ring (bicyclic) bond motifs is 1. The molecular formula is C10H9N3OS2. The van der Waals surface area contributed by atoms with Crippen molar-refractivity contribution in [3.63, 3.8) is 0 Å². The molecule has 0 aliphatic heterocycles. The van der Waals surface area contributed by atoms with Crippen LogP contribution in [-0.4, -0.2) is 16.1 Å². The van der Waals surface area contributed by atoms with Crippen LogP contribution in [0.4, 0.5) is 5.13 Å². The van der Waals surface area contributed by atoms with Gasteiger partial charge in [-0.2, -0.15) is 0 Å². The van der Waals surface area contributed by atoms with E-state index in [0.29, 0.717) is 5.13 Å². The van der Waals surface area contributed by atoms with Crippen LogP contribution >= 0.6 is 22.7 Å². The number of rotatable bonds is 2. The van der Waals surface area contributed by atoms with E-state index in [-0.39, 0.29) is 11.8 Å². The maximum absolute atomic E-state index is 11.9. The zero-order chi connectivity index (χ0) is 11.0. The Morgan fingerprint density at radius 2 is 2.38 bits per heavy atom. The van der Waals surface area contributed by atoms with Gasteiger partial charge in [-0.15, -0.1) is 21.5 Å². The average Bonchev–Trinajstić information content (AvgIpc) is 2.91. The number of aromatic nitrogens is 2. The maximum atomic E-state index is 11.9. The molecule has 1 unspecified atom stereocenters. The van der Waals surface area contributed by atoms with Crippen molar-refractivity contribution < 1.29 is 4.79 Å². The molecular weight excluding hydrogens is 242 g/mol. The molecule has 4 nitrogen and oxygen atoms in total. The Morgan fingerprint density at radius 3 is 3.12 bits per heavy atom. The lowest BCUT2D eigenvalue weighted by Crippen LogP contribution is -2.23. The van der Waals surface area contributed by atoms with Crippen molar-refractivity contribution in [3.8, 4) is 0 Å². The first-order chi connectivity index (χ1) is 7.83. The number of anilines is 1. The van der Waals surface area contributed by atoms with Gasteiger partial charge >= 0.3 is 0 Å². The zero-order valence-electron chi connectivity index (χ0n) is 8.34. The summed E-state index contributed by atoms with van der Waals surface area (Å²) in [4.78, 5) is 13.3. The summed E-state index contributed by atoms with van der Waals surface area (Å²) in [5.74, 6) is 0.117. The van der Waals surface area contributed by atoms with Crippen molar-refractivity contribution >= 4 is 33.7 Å². The van der Waals surface area contributed by atoms with Gasteiger partial charge in [0.15, 0.2) is 0 Å². The van der Waals surface area contributed by atoms with E-state index in [4.69, 9.17) is 0 Å². The Bertz CT molecular complexity index is 485. The molecule has 1 aliphatic rings. The normalized spacial score (nSPS) is 18.4. The second-order valence-corrected chi connectivity index (χ2v) is 5.54. The molecule has 3 rings (SSSR count). The number of amides is 1. The topological polar surface area (TPSA) is 54.9 Å². The second kappa shape index (κ2) is 3.95. The second-order valence-electron chi connectivity index (χ2n) is 3.71. The third-order valence-corrected chi connectivity index (χ3v) is 4.29. The van der Waals surface area contributed by atoms with Crippen LogP contribution in [0.2, 0.25) is 0 Å². The van der Waals surface area contributed by atoms with E-state index in [1.165, 1.54) is 21.8 Å². The van der Waals surface area contributed by atoms with Crippen molar-refractivity contribution in [1.82, 2.24) is 10.2 Å². The van der Waals surface area contributed by atoms with Crippen molar-refractivity contribution in [2.24, 2.45) is 5.92 Å². The van der Waals surface area contributed by atoms with Crippen LogP contribution in [0.15, 0.2) is 17.0 Å². The highest BCUT2D eigenvalue weighted by Gasteiger charge is 2.28. The van der Waals surface area contributed by atoms with E-state index in [9.17, 15) is 4.79 Å². The molecule has 0 spiro atoms. The van der Waals surface area contributed by atoms with Gasteiger partial charge < -0.3 is 5.32 Å². The van der Waals surface area contributed by atoms with Crippen LogP contribution < -0.4 is 5.32 Å². The average molecular weight is 251 g/mol. The highest BCUT2D eigenvalue weighted by atomic mass is 32.1. The number of hydrogen-bond acceptors (Lipinski definition) is 5. The highest BCUT2D eigenvalue weighted by molar-refractivity contribution is 7.13. The Labute approximate surface area is 100 Å². The number of nitrogens with zero attached hydrogens (tertiary/aromatic N) is 2. The fourth-order valence-corrected chi connectivity index (χ4v) is 3.35. The third kappa shape index (κ3) is 1.74. The number of carbonyl (C=O) groups excluding carboxylic acids is 1. The van der Waals surface area contributed by atoms with Gasteiger partial charge in [0.2, 0.25) is 11.0 Å². The van der Waals surface area contributed by atoms with Crippen molar-refractivity contribution in [2.45, 2.75) is 12.8 Å². The van der Waals surface area contributed by atoms with Crippen LogP contribution in [0.5, 0.6) is 0 Å². The summed E-state index contributed by atoms with van der Waals surface area (Å²) < 4.78 is 0. The monoisotopic (exact) mass is 251 g/mol. The lowest BCUT2D eigenvalue weighted by molar-refractivity contribution is -0.119. The molecule has 1 amide bonds. The fraction of sp³-hybridized carbons (Fsp3) is 0.300. The molecule has 2 aromatic heterocycles. The molecule has 0 saturated carbocycles. The summed E-state index contributed by atoms with van der Waals surface area (Å²) in [6.45, 7) is 0. The van der Waals surface area contributed by atoms with Crippen LogP contribution in [0.3, 0.4) is 0 Å². The zero-order valence-corrected chi connectivity index (χ0v) is 9.98. The van der Waals surface area contributed by atoms with Gasteiger partial charge in [-0.05, 0) is 29.9 Å². The summed E-state index contributed by atoms with van der Waals surface area (Å²) in [6.07, 6.45) is 1.71. The predicted octanol–water partition coefficient (Wildman–Crippen LogP) is 1.95. The molecule has 0 saturated heterocycles. The largest absolute Gasteiger partial charge is 0.300 e. The number of thiophene rings is 1. The standard InChI is InChI=1S/C10H9N3OS2/c14-9(12-10-13-11-5-16-10)7-3-6-1-2-15-8(6)4-7/h1-2,5,7H,3-4H2,(H,12,13,14). The van der Waals surface area contributed by atoms with E-state index in [2.05, 4.69) is 27.0 Å². The van der Waals surface area contributed by atoms with Gasteiger partial charge in [-0.25, -0.2) is 0 Å². The molecule has 0 radical (unpaired) electrons. The van der Waals surface area contributed by atoms with Crippen LogP contribution in [-0.2, 0) is 17.6 Å². The molecule has 2 heterocycles. The third-order valence-electron chi connectivity index (χ3n) is 2.70. The lowest BCUT2D eigenvalue weighted by atomic mass is 10.1. The minimum atomic E-state index is 0.0557. The van der Waals surface area contributed by atoms with Gasteiger partial charge in [-0.1, -0.05) is 11.3 Å². The van der Waals surface area contributed by atoms with Crippen molar-refractivity contribution in [3.05, 3.63) is 27.4 Å². The van der Waals surface area contributed by atoms with E-state index in [0.717, 1.165) is 12.8 Å². The summed E-state index contributed by atoms with van der Waals surface area (Å²) >= 11 is 3.08. The van der Waals surface area contributed by atoms with Crippen LogP contribution in [0.25, 0.3) is 0 Å². The molecule has 6 heteroatoms. The maximum Gasteiger partial charge on any atom is 0.230 e. The number of carbonyl (C=O) groups is 1. The SMILES string of the molecule is O=C(Nc1nncs1)C1Cc2ccsc2C1.